The predicted octanol–water partition coefficient (Wildman–Crippen LogP) is 2.85. The molecule has 0 atom stereocenters. The molecule has 0 saturated heterocycles. The van der Waals surface area contributed by atoms with Gasteiger partial charge in [-0.3, -0.25) is 9.69 Å². The highest BCUT2D eigenvalue weighted by molar-refractivity contribution is 7.22. The van der Waals surface area contributed by atoms with E-state index in [1.165, 1.54) is 21.8 Å². The van der Waals surface area contributed by atoms with Crippen LogP contribution in [0.2, 0.25) is 0 Å². The number of benzene rings is 1. The maximum absolute atomic E-state index is 12.9. The maximum Gasteiger partial charge on any atom is 0.270 e. The molecule has 126 valence electrons. The Morgan fingerprint density at radius 1 is 1.29 bits per heavy atom. The van der Waals surface area contributed by atoms with Crippen LogP contribution in [0.4, 0.5) is 5.13 Å². The molecule has 0 unspecified atom stereocenters. The minimum atomic E-state index is 0.0505. The van der Waals surface area contributed by atoms with Crippen LogP contribution in [0.3, 0.4) is 0 Å². The van der Waals surface area contributed by atoms with Crippen molar-refractivity contribution in [3.05, 3.63) is 46.2 Å². The van der Waals surface area contributed by atoms with Crippen LogP contribution < -0.4 is 9.80 Å². The molecule has 3 rings (SSSR count). The first-order valence-electron chi connectivity index (χ1n) is 8.06. The molecule has 0 radical (unpaired) electrons. The number of thiazole rings is 1. The molecule has 0 aliphatic heterocycles. The predicted molar refractivity (Wildman–Crippen MR) is 103 cm³/mol. The van der Waals surface area contributed by atoms with Crippen molar-refractivity contribution in [2.75, 3.05) is 32.1 Å². The zero-order valence-electron chi connectivity index (χ0n) is 14.2. The number of nitrogens with one attached hydrogen (secondary N) is 1. The first kappa shape index (κ1) is 17.1. The molecule has 0 bridgehead atoms. The minimum absolute atomic E-state index is 0.0505. The number of fused-ring (bicyclic) bond motifs is 1. The van der Waals surface area contributed by atoms with Crippen LogP contribution in [0.25, 0.3) is 10.2 Å². The van der Waals surface area contributed by atoms with E-state index < -0.39 is 0 Å². The summed E-state index contributed by atoms with van der Waals surface area (Å²) in [6.07, 6.45) is 0.953. The average Bonchev–Trinajstić information content (AvgIpc) is 3.19. The molecule has 1 N–H and O–H groups in total. The van der Waals surface area contributed by atoms with E-state index in [4.69, 9.17) is 4.98 Å². The first-order chi connectivity index (χ1) is 11.5. The molecule has 6 heteroatoms. The third-order valence-corrected chi connectivity index (χ3v) is 5.70. The molecule has 2 aromatic heterocycles. The monoisotopic (exact) mass is 360 g/mol. The second-order valence-electron chi connectivity index (χ2n) is 6.21. The van der Waals surface area contributed by atoms with Crippen LogP contribution in [0.5, 0.6) is 0 Å². The molecule has 24 heavy (non-hydrogen) atoms. The second-order valence-corrected chi connectivity index (χ2v) is 8.17. The fraction of sp³-hybridized carbons (Fsp3) is 0.333. The van der Waals surface area contributed by atoms with Crippen molar-refractivity contribution < 1.29 is 9.69 Å². The summed E-state index contributed by atoms with van der Waals surface area (Å²) in [5, 5.41) is 2.74. The van der Waals surface area contributed by atoms with Crippen molar-refractivity contribution >= 4 is 43.9 Å². The van der Waals surface area contributed by atoms with E-state index in [0.717, 1.165) is 33.2 Å². The average molecular weight is 361 g/mol. The van der Waals surface area contributed by atoms with E-state index in [9.17, 15) is 4.79 Å². The molecule has 0 aliphatic carbocycles. The normalized spacial score (nSPS) is 11.3. The van der Waals surface area contributed by atoms with E-state index in [2.05, 4.69) is 33.2 Å². The van der Waals surface area contributed by atoms with Crippen molar-refractivity contribution in [3.63, 3.8) is 0 Å². The molecule has 1 amide bonds. The van der Waals surface area contributed by atoms with Gasteiger partial charge in [-0.1, -0.05) is 23.5 Å². The number of aromatic nitrogens is 1. The molecule has 4 nitrogen and oxygen atoms in total. The minimum Gasteiger partial charge on any atom is -0.340 e. The van der Waals surface area contributed by atoms with Gasteiger partial charge in [-0.05, 0) is 36.1 Å². The lowest BCUT2D eigenvalue weighted by molar-refractivity contribution is -0.858. The summed E-state index contributed by atoms with van der Waals surface area (Å²) in [7, 11) is 4.26. The van der Waals surface area contributed by atoms with Gasteiger partial charge in [0.25, 0.3) is 5.91 Å². The number of thiophene rings is 1. The van der Waals surface area contributed by atoms with Gasteiger partial charge in [-0.15, -0.1) is 11.3 Å². The summed E-state index contributed by atoms with van der Waals surface area (Å²) in [5.74, 6) is 0.0505. The Kier molecular flexibility index (Phi) is 5.28. The van der Waals surface area contributed by atoms with Crippen molar-refractivity contribution in [1.29, 1.82) is 0 Å². The lowest BCUT2D eigenvalue weighted by Gasteiger charge is -2.19. The molecule has 3 aromatic rings. The van der Waals surface area contributed by atoms with Crippen LogP contribution in [0.1, 0.15) is 21.7 Å². The standard InChI is InChI=1S/C18H21N3OS2/c1-13-7-8-14-16(12-13)24-18(19-14)21(10-5-9-20(2)3)17(22)15-6-4-11-23-15/h4,6-8,11-12H,5,9-10H2,1-3H3/p+1. The molecule has 2 heterocycles. The van der Waals surface area contributed by atoms with Crippen LogP contribution in [-0.4, -0.2) is 38.1 Å². The smallest absolute Gasteiger partial charge is 0.270 e. The zero-order chi connectivity index (χ0) is 17.1. The van der Waals surface area contributed by atoms with Gasteiger partial charge < -0.3 is 4.90 Å². The van der Waals surface area contributed by atoms with Crippen molar-refractivity contribution in [2.45, 2.75) is 13.3 Å². The number of amides is 1. The number of carbonyl (C=O) groups is 1. The molecule has 0 fully saturated rings. The van der Waals surface area contributed by atoms with Gasteiger partial charge in [0, 0.05) is 13.0 Å². The number of anilines is 1. The largest absolute Gasteiger partial charge is 0.340 e. The van der Waals surface area contributed by atoms with Gasteiger partial charge in [-0.25, -0.2) is 4.98 Å². The SMILES string of the molecule is Cc1ccc2nc(N(CCC[NH+](C)C)C(=O)c3cccs3)sc2c1. The quantitative estimate of drug-likeness (QED) is 0.734. The summed E-state index contributed by atoms with van der Waals surface area (Å²) in [6, 6.07) is 10.0. The summed E-state index contributed by atoms with van der Waals surface area (Å²) >= 11 is 3.08. The highest BCUT2D eigenvalue weighted by Gasteiger charge is 2.22. The summed E-state index contributed by atoms with van der Waals surface area (Å²) < 4.78 is 1.13. The molecule has 1 aromatic carbocycles. The van der Waals surface area contributed by atoms with Crippen LogP contribution >= 0.6 is 22.7 Å². The van der Waals surface area contributed by atoms with Crippen LogP contribution in [-0.2, 0) is 0 Å². The Labute approximate surface area is 150 Å². The third kappa shape index (κ3) is 3.83. The van der Waals surface area contributed by atoms with Crippen LogP contribution in [0.15, 0.2) is 35.7 Å². The van der Waals surface area contributed by atoms with E-state index in [1.54, 1.807) is 11.3 Å². The second kappa shape index (κ2) is 7.42. The van der Waals surface area contributed by atoms with Crippen LogP contribution in [0, 0.1) is 6.92 Å². The maximum atomic E-state index is 12.9. The van der Waals surface area contributed by atoms with Gasteiger partial charge in [0.05, 0.1) is 35.7 Å². The number of aryl methyl sites for hydroxylation is 1. The molecule has 0 aliphatic rings. The number of quaternary nitrogens is 1. The number of hydrogen-bond donors (Lipinski definition) is 1. The Morgan fingerprint density at radius 3 is 2.83 bits per heavy atom. The first-order valence-corrected chi connectivity index (χ1v) is 9.76. The number of hydrogen-bond acceptors (Lipinski definition) is 4. The summed E-state index contributed by atoms with van der Waals surface area (Å²) in [6.45, 7) is 3.80. The lowest BCUT2D eigenvalue weighted by atomic mass is 10.2. The number of rotatable bonds is 6. The van der Waals surface area contributed by atoms with E-state index in [0.29, 0.717) is 6.54 Å². The Morgan fingerprint density at radius 2 is 2.12 bits per heavy atom. The fourth-order valence-electron chi connectivity index (χ4n) is 2.54. The summed E-state index contributed by atoms with van der Waals surface area (Å²) in [4.78, 5) is 21.6. The third-order valence-electron chi connectivity index (χ3n) is 3.80. The van der Waals surface area contributed by atoms with E-state index >= 15 is 0 Å². The van der Waals surface area contributed by atoms with E-state index in [1.807, 2.05) is 28.5 Å². The van der Waals surface area contributed by atoms with Crippen molar-refractivity contribution in [2.24, 2.45) is 0 Å². The highest BCUT2D eigenvalue weighted by atomic mass is 32.1. The van der Waals surface area contributed by atoms with Gasteiger partial charge >= 0.3 is 0 Å². The molecule has 0 spiro atoms. The fourth-order valence-corrected chi connectivity index (χ4v) is 4.30. The van der Waals surface area contributed by atoms with Gasteiger partial charge in [-0.2, -0.15) is 0 Å². The Balaban J connectivity index is 1.91. The zero-order valence-corrected chi connectivity index (χ0v) is 15.8. The van der Waals surface area contributed by atoms with Crippen molar-refractivity contribution in [1.82, 2.24) is 4.98 Å². The lowest BCUT2D eigenvalue weighted by Crippen LogP contribution is -3.05. The Hall–Kier alpha value is -1.76. The number of nitrogens with zero attached hydrogens (tertiary/aromatic N) is 2. The highest BCUT2D eigenvalue weighted by Crippen LogP contribution is 2.31. The van der Waals surface area contributed by atoms with Gasteiger partial charge in [0.1, 0.15) is 0 Å². The molecular formula is C18H22N3OS2+. The topological polar surface area (TPSA) is 37.6 Å². The summed E-state index contributed by atoms with van der Waals surface area (Å²) in [5.41, 5.74) is 2.17. The Bertz CT molecular complexity index is 824. The van der Waals surface area contributed by atoms with Crippen molar-refractivity contribution in [3.8, 4) is 0 Å². The number of carbonyl (C=O) groups excluding carboxylic acids is 1. The molecular weight excluding hydrogens is 338 g/mol. The molecule has 0 saturated carbocycles. The van der Waals surface area contributed by atoms with Gasteiger partial charge in [0.2, 0.25) is 0 Å². The van der Waals surface area contributed by atoms with Gasteiger partial charge in [0.15, 0.2) is 5.13 Å². The van der Waals surface area contributed by atoms with E-state index in [-0.39, 0.29) is 5.91 Å².